The van der Waals surface area contributed by atoms with Crippen molar-refractivity contribution in [2.45, 2.75) is 37.4 Å². The van der Waals surface area contributed by atoms with E-state index in [-0.39, 0.29) is 17.7 Å². The first-order chi connectivity index (χ1) is 13.5. The predicted octanol–water partition coefficient (Wildman–Crippen LogP) is 3.04. The molecule has 1 aliphatic rings. The number of benzene rings is 1. The Morgan fingerprint density at radius 1 is 1.21 bits per heavy atom. The van der Waals surface area contributed by atoms with Crippen LogP contribution >= 0.6 is 11.8 Å². The highest BCUT2D eigenvalue weighted by molar-refractivity contribution is 7.99. The average molecular weight is 398 g/mol. The minimum absolute atomic E-state index is 0.0834. The summed E-state index contributed by atoms with van der Waals surface area (Å²) in [4.78, 5) is 40.3. The first-order valence-corrected chi connectivity index (χ1v) is 10.4. The average Bonchev–Trinajstić information content (AvgIpc) is 2.70. The summed E-state index contributed by atoms with van der Waals surface area (Å²) in [7, 11) is 0. The largest absolute Gasteiger partial charge is 0.325 e. The van der Waals surface area contributed by atoms with Crippen LogP contribution in [0, 0.1) is 0 Å². The molecule has 1 saturated heterocycles. The Morgan fingerprint density at radius 3 is 2.64 bits per heavy atom. The van der Waals surface area contributed by atoms with Crippen molar-refractivity contribution in [3.63, 3.8) is 0 Å². The Labute approximate surface area is 168 Å². The first kappa shape index (κ1) is 20.1. The lowest BCUT2D eigenvalue weighted by atomic mass is 9.72. The highest BCUT2D eigenvalue weighted by Gasteiger charge is 2.42. The number of hydrogen-bond acceptors (Lipinski definition) is 5. The van der Waals surface area contributed by atoms with Crippen molar-refractivity contribution >= 4 is 35.2 Å². The lowest BCUT2D eigenvalue weighted by Crippen LogP contribution is -2.51. The van der Waals surface area contributed by atoms with Gasteiger partial charge in [-0.15, -0.1) is 11.8 Å². The van der Waals surface area contributed by atoms with Gasteiger partial charge in [0, 0.05) is 24.1 Å². The molecule has 7 heteroatoms. The molecule has 28 heavy (non-hydrogen) atoms. The number of imide groups is 1. The fraction of sp³-hybridized carbons (Fsp3) is 0.333. The second kappa shape index (κ2) is 9.01. The maximum absolute atomic E-state index is 12.4. The van der Waals surface area contributed by atoms with E-state index in [0.717, 1.165) is 11.3 Å². The van der Waals surface area contributed by atoms with Crippen LogP contribution in [0.15, 0.2) is 48.7 Å². The number of anilines is 1. The number of nitrogens with one attached hydrogen (secondary N) is 2. The quantitative estimate of drug-likeness (QED) is 0.701. The summed E-state index contributed by atoms with van der Waals surface area (Å²) in [6.07, 6.45) is 3.20. The smallest absolute Gasteiger partial charge is 0.237 e. The maximum Gasteiger partial charge on any atom is 0.237 e. The molecule has 1 aromatic heterocycles. The fourth-order valence-electron chi connectivity index (χ4n) is 3.37. The number of carbonyl (C=O) groups excluding carboxylic acids is 3. The number of hydrogen-bond donors (Lipinski definition) is 2. The van der Waals surface area contributed by atoms with Crippen molar-refractivity contribution in [2.24, 2.45) is 0 Å². The molecule has 0 bridgehead atoms. The molecule has 1 aliphatic heterocycles. The molecule has 2 heterocycles. The normalized spacial score (nSPS) is 19.2. The topological polar surface area (TPSA) is 88.2 Å². The van der Waals surface area contributed by atoms with Crippen LogP contribution in [-0.2, 0) is 25.6 Å². The second-order valence-corrected chi connectivity index (χ2v) is 7.74. The molecular formula is C21H23N3O3S. The summed E-state index contributed by atoms with van der Waals surface area (Å²) >= 11 is 1.50. The van der Waals surface area contributed by atoms with Crippen LogP contribution in [-0.4, -0.2) is 28.5 Å². The SMILES string of the molecule is CCC1(c2ccc(NC(=O)CSCc3ccccn3)cc2)CCC(=O)NC1=O. The number of nitrogens with zero attached hydrogens (tertiary/aromatic N) is 1. The van der Waals surface area contributed by atoms with E-state index in [2.05, 4.69) is 15.6 Å². The Hall–Kier alpha value is -2.67. The Morgan fingerprint density at radius 2 is 2.00 bits per heavy atom. The van der Waals surface area contributed by atoms with Gasteiger partial charge in [-0.25, -0.2) is 0 Å². The zero-order valence-electron chi connectivity index (χ0n) is 15.7. The Kier molecular flexibility index (Phi) is 6.46. The maximum atomic E-state index is 12.4. The van der Waals surface area contributed by atoms with E-state index in [1.54, 1.807) is 18.3 Å². The summed E-state index contributed by atoms with van der Waals surface area (Å²) < 4.78 is 0. The summed E-state index contributed by atoms with van der Waals surface area (Å²) in [5.41, 5.74) is 1.81. The molecule has 3 amide bonds. The lowest BCUT2D eigenvalue weighted by Gasteiger charge is -2.35. The minimum Gasteiger partial charge on any atom is -0.325 e. The molecule has 2 aromatic rings. The number of thioether (sulfide) groups is 1. The molecule has 1 unspecified atom stereocenters. The van der Waals surface area contributed by atoms with Gasteiger partial charge in [0.15, 0.2) is 0 Å². The van der Waals surface area contributed by atoms with E-state index in [4.69, 9.17) is 0 Å². The summed E-state index contributed by atoms with van der Waals surface area (Å²) in [6, 6.07) is 13.0. The highest BCUT2D eigenvalue weighted by Crippen LogP contribution is 2.36. The number of piperidine rings is 1. The van der Waals surface area contributed by atoms with Crippen LogP contribution < -0.4 is 10.6 Å². The number of amides is 3. The molecule has 146 valence electrons. The molecule has 1 atom stereocenters. The molecule has 2 N–H and O–H groups in total. The van der Waals surface area contributed by atoms with E-state index in [1.165, 1.54) is 11.8 Å². The van der Waals surface area contributed by atoms with Gasteiger partial charge >= 0.3 is 0 Å². The summed E-state index contributed by atoms with van der Waals surface area (Å²) in [5, 5.41) is 5.32. The van der Waals surface area contributed by atoms with Crippen molar-refractivity contribution in [1.82, 2.24) is 10.3 Å². The van der Waals surface area contributed by atoms with Crippen LogP contribution in [0.25, 0.3) is 0 Å². The predicted molar refractivity (Wildman–Crippen MR) is 110 cm³/mol. The third-order valence-electron chi connectivity index (χ3n) is 5.00. The van der Waals surface area contributed by atoms with Gasteiger partial charge in [0.2, 0.25) is 17.7 Å². The van der Waals surface area contributed by atoms with Gasteiger partial charge in [-0.3, -0.25) is 24.7 Å². The minimum atomic E-state index is -0.686. The Bertz CT molecular complexity index is 855. The summed E-state index contributed by atoms with van der Waals surface area (Å²) in [6.45, 7) is 1.95. The molecular weight excluding hydrogens is 374 g/mol. The third-order valence-corrected chi connectivity index (χ3v) is 5.97. The zero-order chi connectivity index (χ0) is 20.0. The zero-order valence-corrected chi connectivity index (χ0v) is 16.6. The standard InChI is InChI=1S/C21H23N3O3S/c1-2-21(11-10-18(25)24-20(21)27)15-6-8-16(9-7-15)23-19(26)14-28-13-17-5-3-4-12-22-17/h3-9,12H,2,10-11,13-14H2,1H3,(H,23,26)(H,24,25,27). The van der Waals surface area contributed by atoms with Crippen LogP contribution in [0.2, 0.25) is 0 Å². The van der Waals surface area contributed by atoms with Gasteiger partial charge in [0.1, 0.15) is 0 Å². The third kappa shape index (κ3) is 4.59. The monoisotopic (exact) mass is 397 g/mol. The Balaban J connectivity index is 1.57. The van der Waals surface area contributed by atoms with Crippen molar-refractivity contribution in [3.8, 4) is 0 Å². The van der Waals surface area contributed by atoms with Crippen molar-refractivity contribution in [1.29, 1.82) is 0 Å². The lowest BCUT2D eigenvalue weighted by molar-refractivity contribution is -0.138. The number of carbonyl (C=O) groups is 3. The van der Waals surface area contributed by atoms with Gasteiger partial charge in [-0.05, 0) is 42.7 Å². The highest BCUT2D eigenvalue weighted by atomic mass is 32.2. The van der Waals surface area contributed by atoms with Gasteiger partial charge in [0.05, 0.1) is 16.9 Å². The van der Waals surface area contributed by atoms with Crippen molar-refractivity contribution in [2.75, 3.05) is 11.1 Å². The van der Waals surface area contributed by atoms with E-state index in [0.29, 0.717) is 36.5 Å². The van der Waals surface area contributed by atoms with Crippen molar-refractivity contribution in [3.05, 3.63) is 59.9 Å². The first-order valence-electron chi connectivity index (χ1n) is 9.26. The van der Waals surface area contributed by atoms with Crippen LogP contribution in [0.4, 0.5) is 5.69 Å². The molecule has 0 saturated carbocycles. The molecule has 1 fully saturated rings. The number of aromatic nitrogens is 1. The van der Waals surface area contributed by atoms with E-state index >= 15 is 0 Å². The molecule has 1 aromatic carbocycles. The van der Waals surface area contributed by atoms with Crippen LogP contribution in [0.1, 0.15) is 37.4 Å². The molecule has 3 rings (SSSR count). The number of pyridine rings is 1. The van der Waals surface area contributed by atoms with E-state index in [9.17, 15) is 14.4 Å². The van der Waals surface area contributed by atoms with Gasteiger partial charge in [-0.1, -0.05) is 25.1 Å². The van der Waals surface area contributed by atoms with E-state index in [1.807, 2.05) is 37.3 Å². The number of rotatable bonds is 7. The molecule has 0 radical (unpaired) electrons. The van der Waals surface area contributed by atoms with Crippen LogP contribution in [0.3, 0.4) is 0 Å². The van der Waals surface area contributed by atoms with Gasteiger partial charge in [-0.2, -0.15) is 0 Å². The molecule has 0 aliphatic carbocycles. The molecule has 0 spiro atoms. The van der Waals surface area contributed by atoms with Crippen molar-refractivity contribution < 1.29 is 14.4 Å². The summed E-state index contributed by atoms with van der Waals surface area (Å²) in [5.74, 6) is 0.469. The van der Waals surface area contributed by atoms with Gasteiger partial charge in [0.25, 0.3) is 0 Å². The fourth-order valence-corrected chi connectivity index (χ4v) is 4.11. The van der Waals surface area contributed by atoms with Gasteiger partial charge < -0.3 is 5.32 Å². The van der Waals surface area contributed by atoms with Crippen LogP contribution in [0.5, 0.6) is 0 Å². The molecule has 6 nitrogen and oxygen atoms in total. The van der Waals surface area contributed by atoms with E-state index < -0.39 is 5.41 Å². The second-order valence-electron chi connectivity index (χ2n) is 6.75.